The highest BCUT2D eigenvalue weighted by molar-refractivity contribution is 7.92. The Labute approximate surface area is 197 Å². The lowest BCUT2D eigenvalue weighted by Gasteiger charge is -2.43. The van der Waals surface area contributed by atoms with Crippen LogP contribution in [0.15, 0.2) is 47.4 Å². The van der Waals surface area contributed by atoms with Crippen LogP contribution in [0.1, 0.15) is 49.5 Å². The van der Waals surface area contributed by atoms with Crippen LogP contribution in [0.25, 0.3) is 0 Å². The van der Waals surface area contributed by atoms with Gasteiger partial charge in [0.1, 0.15) is 5.75 Å². The fourth-order valence-electron chi connectivity index (χ4n) is 4.13. The van der Waals surface area contributed by atoms with Crippen LogP contribution in [-0.4, -0.2) is 51.5 Å². The number of hydrogen-bond acceptors (Lipinski definition) is 5. The molecule has 180 valence electrons. The fraction of sp³-hybridized carbons (Fsp3) is 0.480. The van der Waals surface area contributed by atoms with Crippen molar-refractivity contribution in [3.8, 4) is 5.75 Å². The number of ether oxygens (including phenoxy) is 1. The minimum absolute atomic E-state index is 0.0400. The van der Waals surface area contributed by atoms with Gasteiger partial charge in [-0.25, -0.2) is 8.42 Å². The van der Waals surface area contributed by atoms with Crippen molar-refractivity contribution < 1.29 is 17.9 Å². The third kappa shape index (κ3) is 6.26. The summed E-state index contributed by atoms with van der Waals surface area (Å²) in [5.74, 6) is 1.01. The maximum absolute atomic E-state index is 13.0. The Kier molecular flexibility index (Phi) is 7.69. The number of piperidine rings is 1. The third-order valence-electron chi connectivity index (χ3n) is 6.30. The normalized spacial score (nSPS) is 17.4. The average molecular weight is 474 g/mol. The predicted octanol–water partition coefficient (Wildman–Crippen LogP) is 4.04. The lowest BCUT2D eigenvalue weighted by molar-refractivity contribution is 0.0657. The van der Waals surface area contributed by atoms with E-state index in [0.717, 1.165) is 18.7 Å². The fourth-order valence-corrected chi connectivity index (χ4v) is 5.21. The number of aryl methyl sites for hydroxylation is 1. The molecule has 3 rings (SSSR count). The van der Waals surface area contributed by atoms with Crippen molar-refractivity contribution in [2.75, 3.05) is 31.5 Å². The summed E-state index contributed by atoms with van der Waals surface area (Å²) in [6.45, 7) is 10.9. The van der Waals surface area contributed by atoms with Crippen LogP contribution in [0.4, 0.5) is 5.69 Å². The smallest absolute Gasteiger partial charge is 0.261 e. The minimum Gasteiger partial charge on any atom is -0.497 e. The summed E-state index contributed by atoms with van der Waals surface area (Å²) in [5, 5.41) is 3.02. The number of nitrogens with one attached hydrogen (secondary N) is 2. The van der Waals surface area contributed by atoms with E-state index >= 15 is 0 Å². The van der Waals surface area contributed by atoms with E-state index in [0.29, 0.717) is 29.5 Å². The van der Waals surface area contributed by atoms with E-state index in [1.54, 1.807) is 44.4 Å². The number of hydrogen-bond donors (Lipinski definition) is 2. The van der Waals surface area contributed by atoms with Gasteiger partial charge in [0.2, 0.25) is 0 Å². The number of benzene rings is 2. The molecule has 0 aliphatic carbocycles. The average Bonchev–Trinajstić information content (AvgIpc) is 2.78. The van der Waals surface area contributed by atoms with Gasteiger partial charge in [-0.05, 0) is 88.0 Å². The van der Waals surface area contributed by atoms with Crippen molar-refractivity contribution in [1.29, 1.82) is 0 Å². The standard InChI is InChI=1S/C25H35N3O4S/c1-18-7-6-14-28(16-18)25(3,4)17-26-24(29)23-15-22(13-8-19(23)2)33(30,31)27-20-9-11-21(32-5)12-10-20/h8-13,15,18,27H,6-7,14,16-17H2,1-5H3,(H,26,29). The van der Waals surface area contributed by atoms with Crippen molar-refractivity contribution >= 4 is 21.6 Å². The maximum atomic E-state index is 13.0. The van der Waals surface area contributed by atoms with Crippen molar-refractivity contribution in [1.82, 2.24) is 10.2 Å². The molecule has 1 unspecified atom stereocenters. The van der Waals surface area contributed by atoms with Crippen LogP contribution in [0.5, 0.6) is 5.75 Å². The van der Waals surface area contributed by atoms with Crippen molar-refractivity contribution in [2.24, 2.45) is 5.92 Å². The third-order valence-corrected chi connectivity index (χ3v) is 7.68. The van der Waals surface area contributed by atoms with Crippen LogP contribution in [0.2, 0.25) is 0 Å². The monoisotopic (exact) mass is 473 g/mol. The van der Waals surface area contributed by atoms with Crippen molar-refractivity contribution in [3.05, 3.63) is 53.6 Å². The van der Waals surface area contributed by atoms with Gasteiger partial charge in [0.25, 0.3) is 15.9 Å². The van der Waals surface area contributed by atoms with Gasteiger partial charge >= 0.3 is 0 Å². The molecule has 0 saturated carbocycles. The van der Waals surface area contributed by atoms with Crippen LogP contribution in [0, 0.1) is 12.8 Å². The lowest BCUT2D eigenvalue weighted by atomic mass is 9.93. The second-order valence-corrected chi connectivity index (χ2v) is 11.2. The highest BCUT2D eigenvalue weighted by atomic mass is 32.2. The zero-order chi connectivity index (χ0) is 24.2. The van der Waals surface area contributed by atoms with E-state index in [9.17, 15) is 13.2 Å². The Morgan fingerprint density at radius 2 is 1.88 bits per heavy atom. The molecule has 1 amide bonds. The summed E-state index contributed by atoms with van der Waals surface area (Å²) in [6, 6.07) is 11.2. The Morgan fingerprint density at radius 3 is 2.52 bits per heavy atom. The largest absolute Gasteiger partial charge is 0.497 e. The molecule has 2 aromatic carbocycles. The molecule has 0 bridgehead atoms. The lowest BCUT2D eigenvalue weighted by Crippen LogP contribution is -2.54. The minimum atomic E-state index is -3.85. The number of likely N-dealkylation sites (tertiary alicyclic amines) is 1. The van der Waals surface area contributed by atoms with Crippen molar-refractivity contribution in [2.45, 2.75) is 51.0 Å². The highest BCUT2D eigenvalue weighted by Crippen LogP contribution is 2.24. The molecule has 2 N–H and O–H groups in total. The first-order chi connectivity index (χ1) is 15.5. The number of rotatable bonds is 8. The number of sulfonamides is 1. The first-order valence-corrected chi connectivity index (χ1v) is 12.8. The first-order valence-electron chi connectivity index (χ1n) is 11.3. The molecule has 1 aliphatic rings. The summed E-state index contributed by atoms with van der Waals surface area (Å²) in [7, 11) is -2.30. The Bertz CT molecular complexity index is 1080. The van der Waals surface area contributed by atoms with Gasteiger partial charge in [0.05, 0.1) is 12.0 Å². The summed E-state index contributed by atoms with van der Waals surface area (Å²) in [4.78, 5) is 15.5. The quantitative estimate of drug-likeness (QED) is 0.604. The Hall–Kier alpha value is -2.58. The zero-order valence-corrected chi connectivity index (χ0v) is 21.0. The van der Waals surface area contributed by atoms with E-state index in [4.69, 9.17) is 4.74 Å². The molecule has 0 spiro atoms. The van der Waals surface area contributed by atoms with E-state index < -0.39 is 10.0 Å². The van der Waals surface area contributed by atoms with Gasteiger partial charge in [0, 0.05) is 29.9 Å². The van der Waals surface area contributed by atoms with E-state index in [2.05, 4.69) is 35.7 Å². The predicted molar refractivity (Wildman–Crippen MR) is 131 cm³/mol. The van der Waals surface area contributed by atoms with Crippen LogP contribution < -0.4 is 14.8 Å². The molecular formula is C25H35N3O4S. The second kappa shape index (κ2) is 10.1. The van der Waals surface area contributed by atoms with E-state index in [-0.39, 0.29) is 16.3 Å². The number of anilines is 1. The number of methoxy groups -OCH3 is 1. The molecule has 7 nitrogen and oxygen atoms in total. The molecule has 1 fully saturated rings. The number of amides is 1. The molecule has 2 aromatic rings. The summed E-state index contributed by atoms with van der Waals surface area (Å²) < 4.78 is 33.5. The maximum Gasteiger partial charge on any atom is 0.261 e. The molecule has 1 atom stereocenters. The van der Waals surface area contributed by atoms with Gasteiger partial charge in [-0.3, -0.25) is 14.4 Å². The summed E-state index contributed by atoms with van der Waals surface area (Å²) >= 11 is 0. The van der Waals surface area contributed by atoms with Crippen LogP contribution in [0.3, 0.4) is 0 Å². The molecule has 0 radical (unpaired) electrons. The topological polar surface area (TPSA) is 87.7 Å². The van der Waals surface area contributed by atoms with Gasteiger partial charge in [-0.15, -0.1) is 0 Å². The highest BCUT2D eigenvalue weighted by Gasteiger charge is 2.30. The summed E-state index contributed by atoms with van der Waals surface area (Å²) in [5.41, 5.74) is 1.31. The van der Waals surface area contributed by atoms with E-state index in [1.165, 1.54) is 25.0 Å². The van der Waals surface area contributed by atoms with Gasteiger partial charge in [-0.1, -0.05) is 13.0 Å². The molecular weight excluding hydrogens is 438 g/mol. The van der Waals surface area contributed by atoms with Gasteiger partial charge in [-0.2, -0.15) is 0 Å². The molecule has 8 heteroatoms. The molecule has 0 aromatic heterocycles. The second-order valence-electron chi connectivity index (χ2n) is 9.50. The number of carbonyl (C=O) groups is 1. The van der Waals surface area contributed by atoms with E-state index in [1.807, 2.05) is 0 Å². The summed E-state index contributed by atoms with van der Waals surface area (Å²) in [6.07, 6.45) is 2.41. The number of carbonyl (C=O) groups excluding carboxylic acids is 1. The Balaban J connectivity index is 1.72. The van der Waals surface area contributed by atoms with Crippen LogP contribution >= 0.6 is 0 Å². The molecule has 33 heavy (non-hydrogen) atoms. The zero-order valence-electron chi connectivity index (χ0n) is 20.1. The first kappa shape index (κ1) is 25.1. The molecule has 1 aliphatic heterocycles. The SMILES string of the molecule is COc1ccc(NS(=O)(=O)c2ccc(C)c(C(=O)NCC(C)(C)N3CCCC(C)C3)c2)cc1. The van der Waals surface area contributed by atoms with Crippen LogP contribution in [-0.2, 0) is 10.0 Å². The Morgan fingerprint density at radius 1 is 1.18 bits per heavy atom. The number of nitrogens with zero attached hydrogens (tertiary/aromatic N) is 1. The van der Waals surface area contributed by atoms with Gasteiger partial charge < -0.3 is 10.1 Å². The van der Waals surface area contributed by atoms with Gasteiger partial charge in [0.15, 0.2) is 0 Å². The van der Waals surface area contributed by atoms with Crippen molar-refractivity contribution in [3.63, 3.8) is 0 Å². The molecule has 1 saturated heterocycles. The molecule has 1 heterocycles.